The second-order valence-electron chi connectivity index (χ2n) is 4.35. The van der Waals surface area contributed by atoms with Crippen LogP contribution in [0.1, 0.15) is 0 Å². The summed E-state index contributed by atoms with van der Waals surface area (Å²) in [6.07, 6.45) is -1.29. The highest BCUT2D eigenvalue weighted by Crippen LogP contribution is 2.22. The summed E-state index contributed by atoms with van der Waals surface area (Å²) in [5.74, 6) is 0. The molecule has 2 rings (SSSR count). The Balaban J connectivity index is 2.02. The van der Waals surface area contributed by atoms with Gasteiger partial charge in [0.2, 0.25) is 0 Å². The summed E-state index contributed by atoms with van der Waals surface area (Å²) in [6.45, 7) is -1.85. The number of nitrogens with one attached hydrogen (secondary N) is 1. The molecule has 6 nitrogen and oxygen atoms in total. The van der Waals surface area contributed by atoms with E-state index in [1.54, 1.807) is 24.3 Å². The first-order valence-corrected chi connectivity index (χ1v) is 7.36. The van der Waals surface area contributed by atoms with E-state index in [0.717, 1.165) is 10.8 Å². The fourth-order valence-corrected chi connectivity index (χ4v) is 1.85. The lowest BCUT2D eigenvalue weighted by molar-refractivity contribution is 0.0105. The van der Waals surface area contributed by atoms with Crippen molar-refractivity contribution < 1.29 is 31.3 Å². The molecule has 0 radical (unpaired) electrons. The molecule has 22 heavy (non-hydrogen) atoms. The van der Waals surface area contributed by atoms with Crippen LogP contribution in [0.3, 0.4) is 0 Å². The van der Waals surface area contributed by atoms with E-state index in [-0.39, 0.29) is 5.69 Å². The van der Waals surface area contributed by atoms with Gasteiger partial charge in [-0.1, -0.05) is 30.3 Å². The lowest BCUT2D eigenvalue weighted by atomic mass is 10.1. The van der Waals surface area contributed by atoms with Gasteiger partial charge in [0.1, 0.15) is 0 Å². The molecule has 0 saturated carbocycles. The highest BCUT2D eigenvalue weighted by molar-refractivity contribution is 7.86. The molecule has 9 heteroatoms. The second-order valence-corrected chi connectivity index (χ2v) is 5.86. The van der Waals surface area contributed by atoms with Crippen molar-refractivity contribution in [1.29, 1.82) is 0 Å². The minimum Gasteiger partial charge on any atom is -0.743 e. The molecule has 0 fully saturated rings. The lowest BCUT2D eigenvalue weighted by Crippen LogP contribution is -2.35. The Labute approximate surface area is 124 Å². The summed E-state index contributed by atoms with van der Waals surface area (Å²) in [5, 5.41) is -0.800. The normalized spacial score (nSPS) is 12.1. The fraction of sp³-hybridized carbons (Fsp3) is 0.154. The van der Waals surface area contributed by atoms with Crippen molar-refractivity contribution in [1.82, 2.24) is 0 Å². The third-order valence-electron chi connectivity index (χ3n) is 2.73. The molecule has 2 aromatic rings. The van der Waals surface area contributed by atoms with Gasteiger partial charge in [0, 0.05) is 5.69 Å². The van der Waals surface area contributed by atoms with Gasteiger partial charge in [0.25, 0.3) is 0 Å². The number of amides is 1. The standard InChI is InChI=1S/C13H11F2NO5S/c14-13(15,22(18,19)20)8-21-12(17)16-11-6-5-9-3-1-2-4-10(9)7-11/h1-7H,8H2,(H,16,17)(H,18,19,20)/p-1. The molecule has 1 N–H and O–H groups in total. The van der Waals surface area contributed by atoms with Crippen LogP contribution in [0.25, 0.3) is 10.8 Å². The molecule has 0 aliphatic rings. The van der Waals surface area contributed by atoms with Crippen LogP contribution in [-0.4, -0.2) is 30.9 Å². The zero-order chi connectivity index (χ0) is 16.4. The van der Waals surface area contributed by atoms with Crippen molar-refractivity contribution in [2.24, 2.45) is 0 Å². The monoisotopic (exact) mass is 330 g/mol. The number of benzene rings is 2. The predicted octanol–water partition coefficient (Wildman–Crippen LogP) is 2.53. The minimum atomic E-state index is -5.89. The molecule has 2 aromatic carbocycles. The highest BCUT2D eigenvalue weighted by atomic mass is 32.2. The molecule has 0 aliphatic carbocycles. The third-order valence-corrected chi connectivity index (χ3v) is 3.58. The molecule has 0 spiro atoms. The Kier molecular flexibility index (Phi) is 4.29. The van der Waals surface area contributed by atoms with Crippen LogP contribution in [0.2, 0.25) is 0 Å². The fourth-order valence-electron chi connectivity index (χ4n) is 1.64. The number of halogens is 2. The van der Waals surface area contributed by atoms with Gasteiger partial charge >= 0.3 is 11.3 Å². The van der Waals surface area contributed by atoms with Crippen molar-refractivity contribution in [3.05, 3.63) is 42.5 Å². The van der Waals surface area contributed by atoms with Gasteiger partial charge in [-0.15, -0.1) is 0 Å². The number of anilines is 1. The van der Waals surface area contributed by atoms with Crippen molar-refractivity contribution >= 4 is 32.7 Å². The Morgan fingerprint density at radius 1 is 1.18 bits per heavy atom. The van der Waals surface area contributed by atoms with E-state index in [1.165, 1.54) is 6.07 Å². The summed E-state index contributed by atoms with van der Waals surface area (Å²) < 4.78 is 60.5. The molecule has 0 heterocycles. The van der Waals surface area contributed by atoms with Crippen molar-refractivity contribution in [2.45, 2.75) is 5.25 Å². The van der Waals surface area contributed by atoms with Crippen molar-refractivity contribution in [2.75, 3.05) is 11.9 Å². The van der Waals surface area contributed by atoms with Gasteiger partial charge in [0.15, 0.2) is 16.7 Å². The van der Waals surface area contributed by atoms with E-state index < -0.39 is 28.1 Å². The Morgan fingerprint density at radius 3 is 2.45 bits per heavy atom. The number of carbonyl (C=O) groups excluding carboxylic acids is 1. The first-order chi connectivity index (χ1) is 10.2. The number of carbonyl (C=O) groups is 1. The average molecular weight is 330 g/mol. The quantitative estimate of drug-likeness (QED) is 0.869. The minimum absolute atomic E-state index is 0.275. The summed E-state index contributed by atoms with van der Waals surface area (Å²) in [5.41, 5.74) is 0.275. The average Bonchev–Trinajstić information content (AvgIpc) is 2.44. The zero-order valence-corrected chi connectivity index (χ0v) is 11.8. The topological polar surface area (TPSA) is 95.5 Å². The van der Waals surface area contributed by atoms with Crippen molar-refractivity contribution in [3.8, 4) is 0 Å². The van der Waals surface area contributed by atoms with E-state index in [0.29, 0.717) is 0 Å². The molecule has 0 aliphatic heterocycles. The maximum Gasteiger partial charge on any atom is 0.411 e. The van der Waals surface area contributed by atoms with Gasteiger partial charge in [-0.2, -0.15) is 8.78 Å². The van der Waals surface area contributed by atoms with E-state index >= 15 is 0 Å². The van der Waals surface area contributed by atoms with Gasteiger partial charge < -0.3 is 9.29 Å². The van der Waals surface area contributed by atoms with Gasteiger partial charge in [-0.25, -0.2) is 13.2 Å². The molecule has 1 amide bonds. The smallest absolute Gasteiger partial charge is 0.411 e. The number of ether oxygens (including phenoxy) is 1. The molecular formula is C13H10F2NO5S-. The van der Waals surface area contributed by atoms with Crippen LogP contribution in [-0.2, 0) is 14.9 Å². The Bertz CT molecular complexity index is 807. The van der Waals surface area contributed by atoms with Crippen LogP contribution in [0, 0.1) is 0 Å². The van der Waals surface area contributed by atoms with E-state index in [1.807, 2.05) is 12.1 Å². The largest absolute Gasteiger partial charge is 0.743 e. The van der Waals surface area contributed by atoms with Gasteiger partial charge in [0.05, 0.1) is 0 Å². The Hall–Kier alpha value is -2.26. The molecule has 0 aromatic heterocycles. The lowest BCUT2D eigenvalue weighted by Gasteiger charge is -2.19. The molecule has 0 bridgehead atoms. The second kappa shape index (κ2) is 5.85. The molecule has 0 unspecified atom stereocenters. The van der Waals surface area contributed by atoms with Crippen molar-refractivity contribution in [3.63, 3.8) is 0 Å². The van der Waals surface area contributed by atoms with Crippen LogP contribution >= 0.6 is 0 Å². The molecule has 0 atom stereocenters. The Morgan fingerprint density at radius 2 is 1.82 bits per heavy atom. The van der Waals surface area contributed by atoms with Crippen LogP contribution in [0.5, 0.6) is 0 Å². The number of rotatable bonds is 4. The first kappa shape index (κ1) is 16.1. The number of hydrogen-bond donors (Lipinski definition) is 1. The zero-order valence-electron chi connectivity index (χ0n) is 11.0. The maximum atomic E-state index is 12.8. The van der Waals surface area contributed by atoms with Crippen LogP contribution in [0.15, 0.2) is 42.5 Å². The molecule has 0 saturated heterocycles. The predicted molar refractivity (Wildman–Crippen MR) is 73.6 cm³/mol. The molecular weight excluding hydrogens is 320 g/mol. The van der Waals surface area contributed by atoms with E-state index in [9.17, 15) is 26.5 Å². The summed E-state index contributed by atoms with van der Waals surface area (Å²) >= 11 is 0. The number of hydrogen-bond acceptors (Lipinski definition) is 5. The highest BCUT2D eigenvalue weighted by Gasteiger charge is 2.39. The SMILES string of the molecule is O=C(Nc1ccc2ccccc2c1)OCC(F)(F)S(=O)(=O)[O-]. The first-order valence-electron chi connectivity index (χ1n) is 5.95. The number of fused-ring (bicyclic) bond motifs is 1. The van der Waals surface area contributed by atoms with Crippen LogP contribution in [0.4, 0.5) is 19.3 Å². The van der Waals surface area contributed by atoms with Crippen LogP contribution < -0.4 is 5.32 Å². The maximum absolute atomic E-state index is 12.8. The van der Waals surface area contributed by atoms with Gasteiger partial charge in [-0.05, 0) is 22.9 Å². The molecule has 118 valence electrons. The van der Waals surface area contributed by atoms with Gasteiger partial charge in [-0.3, -0.25) is 5.32 Å². The van der Waals surface area contributed by atoms with E-state index in [4.69, 9.17) is 0 Å². The number of alkyl halides is 2. The van der Waals surface area contributed by atoms with E-state index in [2.05, 4.69) is 10.1 Å². The summed E-state index contributed by atoms with van der Waals surface area (Å²) in [4.78, 5) is 11.4. The summed E-state index contributed by atoms with van der Waals surface area (Å²) in [6, 6.07) is 12.0. The summed E-state index contributed by atoms with van der Waals surface area (Å²) in [7, 11) is -5.89. The third kappa shape index (κ3) is 3.68.